The van der Waals surface area contributed by atoms with Crippen molar-refractivity contribution in [3.05, 3.63) is 71.9 Å². The molecule has 176 valence electrons. The zero-order valence-electron chi connectivity index (χ0n) is 19.3. The maximum Gasteiger partial charge on any atom is 0.234 e. The SMILES string of the molecule is CC(=O)c1cccc(NC(=O)CSc2nnc(-c3cc4c(C)nn(-c5ccccc5)c4s3)n2C)c1. The molecule has 0 fully saturated rings. The van der Waals surface area contributed by atoms with Crippen LogP contribution in [-0.2, 0) is 11.8 Å². The molecule has 0 saturated carbocycles. The molecule has 0 atom stereocenters. The van der Waals surface area contributed by atoms with Gasteiger partial charge in [-0.05, 0) is 44.2 Å². The zero-order chi connectivity index (χ0) is 24.5. The van der Waals surface area contributed by atoms with Gasteiger partial charge in [0.05, 0.1) is 22.0 Å². The molecule has 8 nitrogen and oxygen atoms in total. The molecule has 5 aromatic rings. The van der Waals surface area contributed by atoms with Crippen LogP contribution < -0.4 is 5.32 Å². The molecular weight excluding hydrogens is 480 g/mol. The maximum absolute atomic E-state index is 12.5. The lowest BCUT2D eigenvalue weighted by Crippen LogP contribution is -2.14. The molecule has 0 bridgehead atoms. The van der Waals surface area contributed by atoms with Gasteiger partial charge >= 0.3 is 0 Å². The summed E-state index contributed by atoms with van der Waals surface area (Å²) in [6.45, 7) is 3.50. The highest BCUT2D eigenvalue weighted by Crippen LogP contribution is 2.36. The third-order valence-electron chi connectivity index (χ3n) is 5.49. The normalized spacial score (nSPS) is 11.2. The first-order chi connectivity index (χ1) is 16.9. The van der Waals surface area contributed by atoms with E-state index in [1.807, 2.05) is 53.6 Å². The van der Waals surface area contributed by atoms with Gasteiger partial charge in [0.25, 0.3) is 0 Å². The third kappa shape index (κ3) is 4.62. The van der Waals surface area contributed by atoms with E-state index in [1.54, 1.807) is 35.6 Å². The van der Waals surface area contributed by atoms with Crippen LogP contribution in [0.5, 0.6) is 0 Å². The summed E-state index contributed by atoms with van der Waals surface area (Å²) in [4.78, 5) is 26.1. The first kappa shape index (κ1) is 23.0. The summed E-state index contributed by atoms with van der Waals surface area (Å²) in [7, 11) is 1.90. The Balaban J connectivity index is 1.32. The molecule has 35 heavy (non-hydrogen) atoms. The van der Waals surface area contributed by atoms with Crippen molar-refractivity contribution in [1.82, 2.24) is 24.5 Å². The molecule has 3 aromatic heterocycles. The van der Waals surface area contributed by atoms with Crippen molar-refractivity contribution in [2.24, 2.45) is 7.05 Å². The Morgan fingerprint density at radius 2 is 1.86 bits per heavy atom. The number of hydrogen-bond acceptors (Lipinski definition) is 7. The quantitative estimate of drug-likeness (QED) is 0.245. The van der Waals surface area contributed by atoms with Crippen molar-refractivity contribution in [1.29, 1.82) is 0 Å². The Labute approximate surface area is 210 Å². The van der Waals surface area contributed by atoms with E-state index < -0.39 is 0 Å². The van der Waals surface area contributed by atoms with Crippen molar-refractivity contribution < 1.29 is 9.59 Å². The van der Waals surface area contributed by atoms with Crippen LogP contribution in [0.15, 0.2) is 65.8 Å². The lowest BCUT2D eigenvalue weighted by molar-refractivity contribution is -0.113. The zero-order valence-corrected chi connectivity index (χ0v) is 21.0. The minimum atomic E-state index is -0.180. The molecule has 0 unspecified atom stereocenters. The Morgan fingerprint density at radius 1 is 1.06 bits per heavy atom. The van der Waals surface area contributed by atoms with E-state index in [0.717, 1.165) is 32.3 Å². The number of Topliss-reactive ketones (excluding diaryl/α,β-unsaturated/α-hetero) is 1. The number of fused-ring (bicyclic) bond motifs is 1. The van der Waals surface area contributed by atoms with Crippen LogP contribution in [0.25, 0.3) is 26.6 Å². The monoisotopic (exact) mass is 502 g/mol. The second kappa shape index (κ2) is 9.47. The second-order valence-corrected chi connectivity index (χ2v) is 9.97. The minimum Gasteiger partial charge on any atom is -0.325 e. The molecule has 3 heterocycles. The van der Waals surface area contributed by atoms with Gasteiger partial charge < -0.3 is 9.88 Å². The summed E-state index contributed by atoms with van der Waals surface area (Å²) < 4.78 is 3.85. The first-order valence-corrected chi connectivity index (χ1v) is 12.7. The van der Waals surface area contributed by atoms with Gasteiger partial charge in [0, 0.05) is 23.7 Å². The number of aryl methyl sites for hydroxylation is 1. The molecule has 1 amide bonds. The van der Waals surface area contributed by atoms with Crippen LogP contribution in [0.3, 0.4) is 0 Å². The molecule has 0 saturated heterocycles. The van der Waals surface area contributed by atoms with Gasteiger partial charge in [-0.25, -0.2) is 4.68 Å². The number of ketones is 1. The molecule has 2 aromatic carbocycles. The number of para-hydroxylation sites is 1. The number of hydrogen-bond donors (Lipinski definition) is 1. The molecule has 0 spiro atoms. The number of amides is 1. The highest BCUT2D eigenvalue weighted by Gasteiger charge is 2.19. The standard InChI is InChI=1S/C25H22N6O2S2/c1-15-20-13-21(35-24(20)31(29-15)19-10-5-4-6-11-19)23-27-28-25(30(23)3)34-14-22(33)26-18-9-7-8-17(12-18)16(2)32/h4-13H,14H2,1-3H3,(H,26,33). The van der Waals surface area contributed by atoms with E-state index >= 15 is 0 Å². The average molecular weight is 503 g/mol. The topological polar surface area (TPSA) is 94.7 Å². The summed E-state index contributed by atoms with van der Waals surface area (Å²) in [6, 6.07) is 19.0. The van der Waals surface area contributed by atoms with E-state index in [2.05, 4.69) is 21.6 Å². The van der Waals surface area contributed by atoms with Gasteiger partial charge in [0.15, 0.2) is 16.8 Å². The number of carbonyl (C=O) groups is 2. The molecular formula is C25H22N6O2S2. The number of aromatic nitrogens is 5. The van der Waals surface area contributed by atoms with Crippen LogP contribution in [0, 0.1) is 6.92 Å². The Morgan fingerprint density at radius 3 is 2.63 bits per heavy atom. The highest BCUT2D eigenvalue weighted by atomic mass is 32.2. The molecule has 1 N–H and O–H groups in total. The summed E-state index contributed by atoms with van der Waals surface area (Å²) in [5.74, 6) is 0.683. The number of nitrogens with one attached hydrogen (secondary N) is 1. The Hall–Kier alpha value is -3.76. The fourth-order valence-corrected chi connectivity index (χ4v) is 5.61. The number of carbonyl (C=O) groups excluding carboxylic acids is 2. The van der Waals surface area contributed by atoms with Crippen LogP contribution in [0.2, 0.25) is 0 Å². The predicted molar refractivity (Wildman–Crippen MR) is 139 cm³/mol. The summed E-state index contributed by atoms with van der Waals surface area (Å²) >= 11 is 2.92. The van der Waals surface area contributed by atoms with Crippen LogP contribution >= 0.6 is 23.1 Å². The number of benzene rings is 2. The van der Waals surface area contributed by atoms with Gasteiger partial charge in [-0.2, -0.15) is 5.10 Å². The lowest BCUT2D eigenvalue weighted by Gasteiger charge is -2.06. The number of nitrogens with zero attached hydrogens (tertiary/aromatic N) is 5. The minimum absolute atomic E-state index is 0.0463. The number of anilines is 1. The summed E-state index contributed by atoms with van der Waals surface area (Å²) in [5, 5.41) is 17.9. The molecule has 0 radical (unpaired) electrons. The van der Waals surface area contributed by atoms with E-state index in [1.165, 1.54) is 18.7 Å². The molecule has 0 aliphatic carbocycles. The molecule has 10 heteroatoms. The van der Waals surface area contributed by atoms with Crippen LogP contribution in [0.1, 0.15) is 23.0 Å². The average Bonchev–Trinajstić information content (AvgIpc) is 3.53. The summed E-state index contributed by atoms with van der Waals surface area (Å²) in [6.07, 6.45) is 0. The van der Waals surface area contributed by atoms with Gasteiger partial charge in [-0.15, -0.1) is 21.5 Å². The number of rotatable bonds is 7. The van der Waals surface area contributed by atoms with Gasteiger partial charge in [-0.1, -0.05) is 42.1 Å². The van der Waals surface area contributed by atoms with Gasteiger partial charge in [0.2, 0.25) is 5.91 Å². The molecule has 0 aliphatic rings. The fourth-order valence-electron chi connectivity index (χ4n) is 3.70. The Kier molecular flexibility index (Phi) is 6.23. The van der Waals surface area contributed by atoms with Crippen LogP contribution in [-0.4, -0.2) is 42.0 Å². The molecule has 0 aliphatic heterocycles. The van der Waals surface area contributed by atoms with Crippen molar-refractivity contribution in [2.45, 2.75) is 19.0 Å². The predicted octanol–water partition coefficient (Wildman–Crippen LogP) is 5.12. The Bertz CT molecular complexity index is 1550. The van der Waals surface area contributed by atoms with E-state index in [-0.39, 0.29) is 17.4 Å². The van der Waals surface area contributed by atoms with Gasteiger partial charge in [0.1, 0.15) is 4.83 Å². The number of thioether (sulfide) groups is 1. The third-order valence-corrected chi connectivity index (χ3v) is 7.61. The van der Waals surface area contributed by atoms with Crippen molar-refractivity contribution in [2.75, 3.05) is 11.1 Å². The largest absolute Gasteiger partial charge is 0.325 e. The second-order valence-electron chi connectivity index (χ2n) is 8.00. The van der Waals surface area contributed by atoms with Crippen LogP contribution in [0.4, 0.5) is 5.69 Å². The highest BCUT2D eigenvalue weighted by molar-refractivity contribution is 7.99. The van der Waals surface area contributed by atoms with E-state index in [9.17, 15) is 9.59 Å². The summed E-state index contributed by atoms with van der Waals surface area (Å²) in [5.41, 5.74) is 3.11. The first-order valence-electron chi connectivity index (χ1n) is 10.9. The smallest absolute Gasteiger partial charge is 0.234 e. The van der Waals surface area contributed by atoms with Crippen molar-refractivity contribution in [3.8, 4) is 16.4 Å². The lowest BCUT2D eigenvalue weighted by atomic mass is 10.1. The fraction of sp³-hybridized carbons (Fsp3) is 0.160. The number of thiophene rings is 1. The van der Waals surface area contributed by atoms with E-state index in [0.29, 0.717) is 16.4 Å². The maximum atomic E-state index is 12.5. The van der Waals surface area contributed by atoms with Gasteiger partial charge in [-0.3, -0.25) is 9.59 Å². The van der Waals surface area contributed by atoms with E-state index in [4.69, 9.17) is 5.10 Å². The van der Waals surface area contributed by atoms with Crippen molar-refractivity contribution >= 4 is 50.7 Å². The van der Waals surface area contributed by atoms with Crippen molar-refractivity contribution in [3.63, 3.8) is 0 Å². The molecule has 5 rings (SSSR count).